The Morgan fingerprint density at radius 3 is 2.11 bits per heavy atom. The molecule has 0 aliphatic heterocycles. The molecule has 2 aromatic rings. The number of hydrogen-bond donors (Lipinski definition) is 0. The first-order valence-corrected chi connectivity index (χ1v) is 8.08. The van der Waals surface area contributed by atoms with E-state index in [2.05, 4.69) is 4.74 Å². The average Bonchev–Trinajstić information content (AvgIpc) is 2.61. The van der Waals surface area contributed by atoms with Crippen LogP contribution in [0.3, 0.4) is 0 Å². The fourth-order valence-electron chi connectivity index (χ4n) is 2.34. The summed E-state index contributed by atoms with van der Waals surface area (Å²) in [5, 5.41) is 0. The van der Waals surface area contributed by atoms with E-state index in [9.17, 15) is 31.1 Å². The summed E-state index contributed by atoms with van der Waals surface area (Å²) in [5.41, 5.74) is -0.390. The Bertz CT molecular complexity index is 786. The maximum atomic E-state index is 13.0. The molecule has 0 saturated heterocycles. The van der Waals surface area contributed by atoms with E-state index < -0.39 is 42.7 Å². The highest BCUT2D eigenvalue weighted by Crippen LogP contribution is 2.33. The molecule has 0 radical (unpaired) electrons. The quantitative estimate of drug-likeness (QED) is 0.482. The number of carbonyl (C=O) groups is 1. The fourth-order valence-corrected chi connectivity index (χ4v) is 2.34. The molecule has 0 aliphatic carbocycles. The van der Waals surface area contributed by atoms with Gasteiger partial charge in [0.15, 0.2) is 6.10 Å². The average molecular weight is 406 g/mol. The lowest BCUT2D eigenvalue weighted by Crippen LogP contribution is -2.32. The van der Waals surface area contributed by atoms with Crippen molar-refractivity contribution in [3.63, 3.8) is 0 Å². The van der Waals surface area contributed by atoms with Crippen LogP contribution < -0.4 is 0 Å². The van der Waals surface area contributed by atoms with Gasteiger partial charge in [-0.2, -0.15) is 26.3 Å². The molecular formula is C19H16F6O3. The molecule has 0 bridgehead atoms. The van der Waals surface area contributed by atoms with Gasteiger partial charge in [0.2, 0.25) is 0 Å². The molecule has 0 saturated carbocycles. The van der Waals surface area contributed by atoms with Gasteiger partial charge in [0.1, 0.15) is 12.7 Å². The minimum atomic E-state index is -4.73. The van der Waals surface area contributed by atoms with Crippen LogP contribution in [0.1, 0.15) is 29.7 Å². The van der Waals surface area contributed by atoms with Crippen molar-refractivity contribution < 1.29 is 40.6 Å². The van der Waals surface area contributed by atoms with E-state index >= 15 is 0 Å². The van der Waals surface area contributed by atoms with E-state index in [1.54, 1.807) is 30.3 Å². The number of hydrogen-bond acceptors (Lipinski definition) is 3. The van der Waals surface area contributed by atoms with Gasteiger partial charge < -0.3 is 9.47 Å². The summed E-state index contributed by atoms with van der Waals surface area (Å²) in [6.45, 7) is -0.199. The summed E-state index contributed by atoms with van der Waals surface area (Å²) in [7, 11) is 0. The molecule has 152 valence electrons. The van der Waals surface area contributed by atoms with Gasteiger partial charge in [-0.1, -0.05) is 42.5 Å². The number of rotatable bonds is 6. The van der Waals surface area contributed by atoms with Crippen molar-refractivity contribution in [2.75, 3.05) is 6.61 Å². The van der Waals surface area contributed by atoms with Crippen LogP contribution in [0.25, 0.3) is 0 Å². The second kappa shape index (κ2) is 8.64. The van der Waals surface area contributed by atoms with Crippen LogP contribution in [0.4, 0.5) is 26.3 Å². The largest absolute Gasteiger partial charge is 0.451 e. The lowest BCUT2D eigenvalue weighted by Gasteiger charge is -2.21. The van der Waals surface area contributed by atoms with Crippen molar-refractivity contribution in [2.45, 2.75) is 31.5 Å². The third kappa shape index (κ3) is 5.98. The third-order valence-electron chi connectivity index (χ3n) is 3.76. The molecule has 0 fully saturated rings. The van der Waals surface area contributed by atoms with E-state index in [1.165, 1.54) is 12.1 Å². The molecule has 2 rings (SSSR count). The molecule has 0 aromatic heterocycles. The number of carbonyl (C=O) groups excluding carboxylic acids is 1. The molecule has 0 spiro atoms. The van der Waals surface area contributed by atoms with Crippen LogP contribution >= 0.6 is 0 Å². The normalized spacial score (nSPS) is 14.4. The highest BCUT2D eigenvalue weighted by molar-refractivity contribution is 5.71. The van der Waals surface area contributed by atoms with Gasteiger partial charge in [0.25, 0.3) is 0 Å². The molecular weight excluding hydrogens is 390 g/mol. The van der Waals surface area contributed by atoms with Crippen LogP contribution in [0, 0.1) is 0 Å². The number of halogens is 6. The number of ether oxygens (including phenoxy) is 2. The molecule has 3 nitrogen and oxygen atoms in total. The van der Waals surface area contributed by atoms with Gasteiger partial charge in [-0.15, -0.1) is 0 Å². The minimum absolute atomic E-state index is 0.0951. The van der Waals surface area contributed by atoms with Crippen molar-refractivity contribution in [3.8, 4) is 0 Å². The lowest BCUT2D eigenvalue weighted by molar-refractivity contribution is -0.218. The number of alkyl halides is 6. The van der Waals surface area contributed by atoms with E-state index in [-0.39, 0.29) is 5.56 Å². The highest BCUT2D eigenvalue weighted by Gasteiger charge is 2.39. The van der Waals surface area contributed by atoms with E-state index in [4.69, 9.17) is 4.74 Å². The molecule has 2 unspecified atom stereocenters. The Kier molecular flexibility index (Phi) is 6.71. The smallest absolute Gasteiger partial charge is 0.425 e. The van der Waals surface area contributed by atoms with Gasteiger partial charge >= 0.3 is 18.3 Å². The summed E-state index contributed by atoms with van der Waals surface area (Å²) in [5.74, 6) is -1.28. The Balaban J connectivity index is 2.22. The van der Waals surface area contributed by atoms with Crippen LogP contribution in [0.5, 0.6) is 0 Å². The molecule has 0 heterocycles. The Hall–Kier alpha value is -2.55. The molecule has 0 amide bonds. The van der Waals surface area contributed by atoms with Crippen LogP contribution in [-0.4, -0.2) is 24.9 Å². The lowest BCUT2D eigenvalue weighted by atomic mass is 9.99. The first-order chi connectivity index (χ1) is 13.0. The highest BCUT2D eigenvalue weighted by atomic mass is 19.4. The Labute approximate surface area is 156 Å². The van der Waals surface area contributed by atoms with E-state index in [0.717, 1.165) is 12.1 Å². The van der Waals surface area contributed by atoms with Crippen molar-refractivity contribution in [1.82, 2.24) is 0 Å². The summed E-state index contributed by atoms with van der Waals surface area (Å²) < 4.78 is 85.9. The molecule has 0 aliphatic rings. The Morgan fingerprint density at radius 1 is 0.929 bits per heavy atom. The second-order valence-electron chi connectivity index (χ2n) is 5.90. The zero-order valence-electron chi connectivity index (χ0n) is 14.6. The first-order valence-electron chi connectivity index (χ1n) is 8.08. The summed E-state index contributed by atoms with van der Waals surface area (Å²) >= 11 is 0. The fraction of sp³-hybridized carbons (Fsp3) is 0.316. The SMILES string of the molecule is CC(OC(=O)COC(c1ccccc1)c1cccc(C(F)(F)F)c1)C(F)(F)F. The zero-order chi connectivity index (χ0) is 20.9. The number of esters is 1. The number of benzene rings is 2. The summed E-state index contributed by atoms with van der Waals surface area (Å²) in [4.78, 5) is 11.7. The predicted octanol–water partition coefficient (Wildman–Crippen LogP) is 5.31. The Morgan fingerprint density at radius 2 is 1.54 bits per heavy atom. The van der Waals surface area contributed by atoms with Gasteiger partial charge in [0, 0.05) is 0 Å². The summed E-state index contributed by atoms with van der Waals surface area (Å²) in [6, 6.07) is 12.3. The maximum absolute atomic E-state index is 13.0. The van der Waals surface area contributed by atoms with Gasteiger partial charge in [-0.25, -0.2) is 4.79 Å². The summed E-state index contributed by atoms with van der Waals surface area (Å²) in [6.07, 6.45) is -12.7. The molecule has 28 heavy (non-hydrogen) atoms. The van der Waals surface area contributed by atoms with Crippen molar-refractivity contribution in [1.29, 1.82) is 0 Å². The van der Waals surface area contributed by atoms with E-state index in [0.29, 0.717) is 12.5 Å². The minimum Gasteiger partial charge on any atom is -0.451 e. The predicted molar refractivity (Wildman–Crippen MR) is 87.3 cm³/mol. The standard InChI is InChI=1S/C19H16F6O3/c1-12(18(20,21)22)28-16(26)11-27-17(13-6-3-2-4-7-13)14-8-5-9-15(10-14)19(23,24)25/h2-10,12,17H,11H2,1H3. The molecule has 2 aromatic carbocycles. The van der Waals surface area contributed by atoms with Crippen LogP contribution in [0.15, 0.2) is 54.6 Å². The molecule has 9 heteroatoms. The monoisotopic (exact) mass is 406 g/mol. The second-order valence-corrected chi connectivity index (χ2v) is 5.90. The van der Waals surface area contributed by atoms with Gasteiger partial charge in [-0.05, 0) is 30.2 Å². The van der Waals surface area contributed by atoms with Gasteiger partial charge in [0.05, 0.1) is 5.56 Å². The van der Waals surface area contributed by atoms with Crippen molar-refractivity contribution >= 4 is 5.97 Å². The topological polar surface area (TPSA) is 35.5 Å². The third-order valence-corrected chi connectivity index (χ3v) is 3.76. The van der Waals surface area contributed by atoms with Gasteiger partial charge in [-0.3, -0.25) is 0 Å². The molecule has 2 atom stereocenters. The van der Waals surface area contributed by atoms with Crippen LogP contribution in [0.2, 0.25) is 0 Å². The maximum Gasteiger partial charge on any atom is 0.425 e. The van der Waals surface area contributed by atoms with Crippen LogP contribution in [-0.2, 0) is 20.4 Å². The molecule has 0 N–H and O–H groups in total. The zero-order valence-corrected chi connectivity index (χ0v) is 14.6. The van der Waals surface area contributed by atoms with Crippen molar-refractivity contribution in [3.05, 3.63) is 71.3 Å². The van der Waals surface area contributed by atoms with E-state index in [1.807, 2.05) is 0 Å². The first kappa shape index (κ1) is 21.7. The van der Waals surface area contributed by atoms with Crippen molar-refractivity contribution in [2.24, 2.45) is 0 Å².